The summed E-state index contributed by atoms with van der Waals surface area (Å²) < 4.78 is 3.10. The molecule has 5 heteroatoms. The third kappa shape index (κ3) is 3.42. The normalized spacial score (nSPS) is 18.9. The molecule has 0 radical (unpaired) electrons. The van der Waals surface area contributed by atoms with Gasteiger partial charge in [-0.2, -0.15) is 0 Å². The second-order valence-electron chi connectivity index (χ2n) is 8.66. The van der Waals surface area contributed by atoms with Crippen molar-refractivity contribution in [2.45, 2.75) is 42.4 Å². The molecule has 156 valence electrons. The summed E-state index contributed by atoms with van der Waals surface area (Å²) in [5.74, 6) is 0.477. The largest absolute Gasteiger partial charge is 0.147 e. The molecule has 1 unspecified atom stereocenters. The van der Waals surface area contributed by atoms with Crippen molar-refractivity contribution in [2.75, 3.05) is 0 Å². The molecule has 0 saturated heterocycles. The molecule has 0 amide bonds. The molecule has 0 saturated carbocycles. The molecular formula is C24H31Cl3SiZr. The minimum absolute atomic E-state index is 0. The number of allylic oxidation sites excluding steroid dienone is 4. The standard InChI is InChI=1S/C13H9.C9H13.C2H5.3ClH.H2Si.Zr/c1-3-7-12-10(5-1)9-11-6-2-4-8-13(11)12;1-6-5-7(2)9(4)8(6)3;1-2;;;;;/h1-9H;6H,1-4H3;1H2,2H3;3*1H;1H2;/q;;;;;;;+1/p-1. The third-order valence-corrected chi connectivity index (χ3v) is 32.9. The fourth-order valence-corrected chi connectivity index (χ4v) is 28.1. The summed E-state index contributed by atoms with van der Waals surface area (Å²) in [6.07, 6.45) is 0. The monoisotopic (exact) mass is 542 g/mol. The Bertz CT molecular complexity index is 1050. The van der Waals surface area contributed by atoms with Gasteiger partial charge >= 0.3 is 171 Å². The van der Waals surface area contributed by atoms with E-state index in [-0.39, 0.29) is 24.8 Å². The van der Waals surface area contributed by atoms with Gasteiger partial charge in [-0.25, -0.2) is 0 Å². The first kappa shape index (κ1) is 25.2. The maximum Gasteiger partial charge on any atom is -0.147 e. The summed E-state index contributed by atoms with van der Waals surface area (Å²) in [5, 5.41) is 0. The third-order valence-electron chi connectivity index (χ3n) is 7.54. The summed E-state index contributed by atoms with van der Waals surface area (Å²) in [6, 6.07) is 18.0. The predicted octanol–water partition coefficient (Wildman–Crippen LogP) is 7.69. The first-order valence-corrected chi connectivity index (χ1v) is 23.5. The van der Waals surface area contributed by atoms with Gasteiger partial charge in [0.05, 0.1) is 0 Å². The van der Waals surface area contributed by atoms with E-state index >= 15 is 0 Å². The fraction of sp³-hybridized carbons (Fsp3) is 0.333. The van der Waals surface area contributed by atoms with Crippen LogP contribution < -0.4 is 0 Å². The average Bonchev–Trinajstić information content (AvgIpc) is 3.11. The van der Waals surface area contributed by atoms with Crippen molar-refractivity contribution in [3.8, 4) is 11.1 Å². The summed E-state index contributed by atoms with van der Waals surface area (Å²) in [5.41, 5.74) is 10.2. The molecule has 0 fully saturated rings. The Morgan fingerprint density at radius 1 is 0.862 bits per heavy atom. The summed E-state index contributed by atoms with van der Waals surface area (Å²) in [7, 11) is 8.10. The van der Waals surface area contributed by atoms with Gasteiger partial charge in [-0.1, -0.05) is 0 Å². The maximum atomic E-state index is 8.10. The second kappa shape index (κ2) is 8.44. The van der Waals surface area contributed by atoms with E-state index < -0.39 is 16.2 Å². The van der Waals surface area contributed by atoms with E-state index in [0.717, 1.165) is 4.13 Å². The van der Waals surface area contributed by atoms with Crippen LogP contribution in [0.4, 0.5) is 0 Å². The number of hydrogen-bond donors (Lipinski definition) is 0. The Morgan fingerprint density at radius 3 is 1.69 bits per heavy atom. The van der Waals surface area contributed by atoms with Crippen LogP contribution in [-0.4, -0.2) is 6.88 Å². The molecule has 2 aromatic rings. The van der Waals surface area contributed by atoms with Crippen molar-refractivity contribution in [2.24, 2.45) is 5.92 Å². The van der Waals surface area contributed by atoms with Crippen molar-refractivity contribution in [3.63, 3.8) is 0 Å². The van der Waals surface area contributed by atoms with Crippen molar-refractivity contribution in [1.82, 2.24) is 0 Å². The fourth-order valence-electron chi connectivity index (χ4n) is 5.74. The molecule has 0 aromatic heterocycles. The van der Waals surface area contributed by atoms with E-state index in [1.54, 1.807) is 3.28 Å². The zero-order valence-electron chi connectivity index (χ0n) is 17.9. The van der Waals surface area contributed by atoms with Gasteiger partial charge < -0.3 is 0 Å². The molecule has 1 atom stereocenters. The molecule has 0 bridgehead atoms. The van der Waals surface area contributed by atoms with Gasteiger partial charge in [0.25, 0.3) is 0 Å². The van der Waals surface area contributed by atoms with Crippen LogP contribution in [0.25, 0.3) is 11.1 Å². The van der Waals surface area contributed by atoms with Crippen LogP contribution in [0.3, 0.4) is 0 Å². The Balaban J connectivity index is 0.00000150. The zero-order chi connectivity index (χ0) is 19.6. The van der Waals surface area contributed by atoms with Gasteiger partial charge in [-0.3, -0.25) is 0 Å². The van der Waals surface area contributed by atoms with Crippen molar-refractivity contribution in [3.05, 3.63) is 79.7 Å². The Hall–Kier alpha value is -0.110. The molecule has 0 heterocycles. The smallest absolute Gasteiger partial charge is 0.147 e. The minimum Gasteiger partial charge on any atom is -0.147 e. The Morgan fingerprint density at radius 2 is 1.31 bits per heavy atom. The van der Waals surface area contributed by atoms with Gasteiger partial charge in [0, 0.05) is 0 Å². The molecule has 0 N–H and O–H groups in total. The zero-order valence-corrected chi connectivity index (χ0v) is 24.1. The maximum absolute atomic E-state index is 8.10. The molecule has 0 spiro atoms. The predicted molar refractivity (Wildman–Crippen MR) is 133 cm³/mol. The van der Waals surface area contributed by atoms with Gasteiger partial charge in [-0.15, -0.1) is 24.8 Å². The van der Waals surface area contributed by atoms with Crippen LogP contribution in [0.1, 0.15) is 49.4 Å². The molecule has 0 aliphatic heterocycles. The summed E-state index contributed by atoms with van der Waals surface area (Å²) in [6.45, 7) is 13.9. The van der Waals surface area contributed by atoms with E-state index in [9.17, 15) is 0 Å². The number of fused-ring (bicyclic) bond motifs is 3. The molecule has 2 aromatic carbocycles. The second-order valence-corrected chi connectivity index (χ2v) is 38.9. The Labute approximate surface area is 194 Å². The van der Waals surface area contributed by atoms with Gasteiger partial charge in [-0.05, 0) is 0 Å². The van der Waals surface area contributed by atoms with Crippen LogP contribution in [0.2, 0.25) is 4.13 Å². The molecule has 0 nitrogen and oxygen atoms in total. The quantitative estimate of drug-likeness (QED) is 0.347. The average molecular weight is 545 g/mol. The van der Waals surface area contributed by atoms with E-state index in [4.69, 9.17) is 8.51 Å². The van der Waals surface area contributed by atoms with Crippen LogP contribution in [-0.2, 0) is 16.2 Å². The van der Waals surface area contributed by atoms with Crippen LogP contribution in [0, 0.1) is 5.92 Å². The number of rotatable bonds is 3. The van der Waals surface area contributed by atoms with E-state index in [1.165, 1.54) is 39.0 Å². The molecule has 4 rings (SSSR count). The van der Waals surface area contributed by atoms with Gasteiger partial charge in [0.15, 0.2) is 0 Å². The van der Waals surface area contributed by atoms with E-state index in [1.807, 2.05) is 0 Å². The minimum atomic E-state index is -3.88. The summed E-state index contributed by atoms with van der Waals surface area (Å²) in [4.78, 5) is 0. The van der Waals surface area contributed by atoms with Crippen LogP contribution in [0.5, 0.6) is 0 Å². The van der Waals surface area contributed by atoms with Gasteiger partial charge in [0.1, 0.15) is 0 Å². The van der Waals surface area contributed by atoms with Crippen molar-refractivity contribution in [1.29, 1.82) is 0 Å². The van der Waals surface area contributed by atoms with Crippen molar-refractivity contribution < 1.29 is 16.2 Å². The van der Waals surface area contributed by atoms with E-state index in [2.05, 4.69) is 90.0 Å². The first-order valence-electron chi connectivity index (χ1n) is 10.0. The van der Waals surface area contributed by atoms with Crippen LogP contribution >= 0.6 is 33.3 Å². The molecule has 29 heavy (non-hydrogen) atoms. The summed E-state index contributed by atoms with van der Waals surface area (Å²) >= 11 is -3.88. The van der Waals surface area contributed by atoms with Crippen LogP contribution in [0.15, 0.2) is 68.5 Å². The topological polar surface area (TPSA) is 0 Å². The number of hydrogen-bond acceptors (Lipinski definition) is 0. The molecule has 2 aliphatic carbocycles. The molecular weight excluding hydrogens is 514 g/mol. The Kier molecular flexibility index (Phi) is 7.32. The number of halogens is 3. The first-order chi connectivity index (χ1) is 12.7. The van der Waals surface area contributed by atoms with Crippen molar-refractivity contribution >= 4 is 40.2 Å². The van der Waals surface area contributed by atoms with Gasteiger partial charge in [0.2, 0.25) is 0 Å². The SMILES string of the molecule is C[CH2][Zr](=[SiH2])([Cl])([C]1=C(C)C(C)=C(C)C1C)[CH]1c2ccccc2-c2ccccc21.Cl.Cl. The number of benzene rings is 2. The molecule has 2 aliphatic rings. The van der Waals surface area contributed by atoms with E-state index in [0.29, 0.717) is 9.54 Å².